The quantitative estimate of drug-likeness (QED) is 0.258. The number of carbonyl (C=O) groups excluding carboxylic acids is 3. The van der Waals surface area contributed by atoms with Crippen LogP contribution >= 0.6 is 0 Å². The van der Waals surface area contributed by atoms with Crippen LogP contribution in [0.15, 0.2) is 0 Å². The van der Waals surface area contributed by atoms with Crippen molar-refractivity contribution in [3.05, 3.63) is 0 Å². The molecule has 1 fully saturated rings. The minimum absolute atomic E-state index is 0.146. The van der Waals surface area contributed by atoms with Gasteiger partial charge in [-0.1, -0.05) is 20.3 Å². The Bertz CT molecular complexity index is 521. The third kappa shape index (κ3) is 6.60. The van der Waals surface area contributed by atoms with Crippen molar-refractivity contribution in [2.45, 2.75) is 51.2 Å². The molecule has 6 N–H and O–H groups in total. The van der Waals surface area contributed by atoms with Gasteiger partial charge in [0.1, 0.15) is 12.1 Å². The number of aliphatic hydroxyl groups excluding tert-OH is 1. The molecule has 1 rings (SSSR count). The maximum atomic E-state index is 12.4. The van der Waals surface area contributed by atoms with Crippen LogP contribution in [-0.4, -0.2) is 71.7 Å². The minimum Gasteiger partial charge on any atom is -0.480 e. The van der Waals surface area contributed by atoms with Gasteiger partial charge in [-0.05, 0) is 25.3 Å². The van der Waals surface area contributed by atoms with Gasteiger partial charge in [0.15, 0.2) is 0 Å². The lowest BCUT2D eigenvalue weighted by Gasteiger charge is -2.25. The molecule has 0 saturated carbocycles. The molecular formula is C16H28N4O6. The van der Waals surface area contributed by atoms with E-state index in [0.29, 0.717) is 12.8 Å². The van der Waals surface area contributed by atoms with Crippen LogP contribution < -0.4 is 21.3 Å². The molecule has 0 radical (unpaired) electrons. The van der Waals surface area contributed by atoms with E-state index in [9.17, 15) is 19.2 Å². The van der Waals surface area contributed by atoms with Gasteiger partial charge in [-0.15, -0.1) is 0 Å². The van der Waals surface area contributed by atoms with Gasteiger partial charge in [0, 0.05) is 0 Å². The molecule has 26 heavy (non-hydrogen) atoms. The highest BCUT2D eigenvalue weighted by molar-refractivity contribution is 5.92. The Kier molecular flexibility index (Phi) is 9.00. The van der Waals surface area contributed by atoms with Gasteiger partial charge in [0.2, 0.25) is 17.7 Å². The fraction of sp³-hybridized carbons (Fsp3) is 0.750. The van der Waals surface area contributed by atoms with Crippen molar-refractivity contribution in [3.63, 3.8) is 0 Å². The zero-order valence-corrected chi connectivity index (χ0v) is 15.1. The summed E-state index contributed by atoms with van der Waals surface area (Å²) >= 11 is 0. The molecule has 10 nitrogen and oxygen atoms in total. The minimum atomic E-state index is -1.43. The highest BCUT2D eigenvalue weighted by Crippen LogP contribution is 2.10. The number of carbonyl (C=O) groups is 4. The summed E-state index contributed by atoms with van der Waals surface area (Å²) in [5, 5.41) is 27.9. The molecule has 0 unspecified atom stereocenters. The highest BCUT2D eigenvalue weighted by atomic mass is 16.4. The summed E-state index contributed by atoms with van der Waals surface area (Å²) in [5.41, 5.74) is 0. The first-order chi connectivity index (χ1) is 12.3. The first kappa shape index (κ1) is 21.8. The second kappa shape index (κ2) is 10.7. The molecule has 148 valence electrons. The van der Waals surface area contributed by atoms with Gasteiger partial charge < -0.3 is 31.5 Å². The maximum absolute atomic E-state index is 12.4. The molecule has 1 heterocycles. The summed E-state index contributed by atoms with van der Waals surface area (Å²) in [4.78, 5) is 47.1. The van der Waals surface area contributed by atoms with Gasteiger partial charge in [-0.3, -0.25) is 14.4 Å². The molecule has 0 aromatic carbocycles. The van der Waals surface area contributed by atoms with E-state index in [2.05, 4.69) is 21.3 Å². The molecule has 0 aliphatic carbocycles. The molecule has 1 saturated heterocycles. The first-order valence-electron chi connectivity index (χ1n) is 8.74. The Morgan fingerprint density at radius 3 is 2.42 bits per heavy atom. The second-order valence-electron chi connectivity index (χ2n) is 6.38. The Morgan fingerprint density at radius 1 is 1.23 bits per heavy atom. The van der Waals surface area contributed by atoms with Crippen molar-refractivity contribution in [2.24, 2.45) is 5.92 Å². The molecule has 4 atom stereocenters. The zero-order valence-electron chi connectivity index (χ0n) is 15.1. The summed E-state index contributed by atoms with van der Waals surface area (Å²) in [6.45, 7) is 3.26. The Labute approximate surface area is 152 Å². The Balaban J connectivity index is 2.58. The number of aliphatic carboxylic acids is 1. The van der Waals surface area contributed by atoms with Gasteiger partial charge in [-0.2, -0.15) is 0 Å². The number of amides is 3. The van der Waals surface area contributed by atoms with E-state index in [4.69, 9.17) is 10.2 Å². The standard InChI is InChI=1S/C16H28N4O6/c1-3-9(2)13(20-14(23)10-5-4-6-17-10)15(24)18-7-12(22)19-11(8-21)16(25)26/h9-11,13,17,21H,3-8H2,1-2H3,(H,18,24)(H,19,22)(H,20,23)(H,25,26)/t9-,10-,11-,13-/m0/s1. The third-order valence-corrected chi connectivity index (χ3v) is 4.41. The van der Waals surface area contributed by atoms with Crippen molar-refractivity contribution in [2.75, 3.05) is 19.7 Å². The van der Waals surface area contributed by atoms with E-state index in [-0.39, 0.29) is 17.9 Å². The first-order valence-corrected chi connectivity index (χ1v) is 8.74. The molecule has 0 bridgehead atoms. The largest absolute Gasteiger partial charge is 0.480 e. The number of hydrogen-bond acceptors (Lipinski definition) is 6. The maximum Gasteiger partial charge on any atom is 0.328 e. The number of carboxylic acids is 1. The topological polar surface area (TPSA) is 157 Å². The van der Waals surface area contributed by atoms with E-state index < -0.39 is 43.0 Å². The lowest BCUT2D eigenvalue weighted by Crippen LogP contribution is -2.55. The van der Waals surface area contributed by atoms with E-state index in [1.807, 2.05) is 13.8 Å². The van der Waals surface area contributed by atoms with E-state index in [1.165, 1.54) is 0 Å². The fourth-order valence-corrected chi connectivity index (χ4v) is 2.57. The van der Waals surface area contributed by atoms with Crippen LogP contribution in [-0.2, 0) is 19.2 Å². The van der Waals surface area contributed by atoms with Crippen LogP contribution in [0.3, 0.4) is 0 Å². The average molecular weight is 372 g/mol. The lowest BCUT2D eigenvalue weighted by atomic mass is 9.97. The summed E-state index contributed by atoms with van der Waals surface area (Å²) in [6.07, 6.45) is 2.25. The smallest absolute Gasteiger partial charge is 0.328 e. The normalized spacial score (nSPS) is 19.9. The molecule has 3 amide bonds. The third-order valence-electron chi connectivity index (χ3n) is 4.41. The van der Waals surface area contributed by atoms with Crippen LogP contribution in [0.2, 0.25) is 0 Å². The fourth-order valence-electron chi connectivity index (χ4n) is 2.57. The number of carboxylic acid groups (broad SMARTS) is 1. The van der Waals surface area contributed by atoms with Crippen LogP contribution in [0.1, 0.15) is 33.1 Å². The molecule has 1 aliphatic rings. The molecule has 0 aromatic heterocycles. The van der Waals surface area contributed by atoms with Crippen molar-refractivity contribution < 1.29 is 29.4 Å². The van der Waals surface area contributed by atoms with E-state index in [1.54, 1.807) is 0 Å². The average Bonchev–Trinajstić information content (AvgIpc) is 3.15. The van der Waals surface area contributed by atoms with Crippen LogP contribution in [0.25, 0.3) is 0 Å². The van der Waals surface area contributed by atoms with Gasteiger partial charge >= 0.3 is 5.97 Å². The van der Waals surface area contributed by atoms with Gasteiger partial charge in [0.05, 0.1) is 19.2 Å². The summed E-state index contributed by atoms with van der Waals surface area (Å²) in [5.74, 6) is -3.03. The Hall–Kier alpha value is -2.20. The van der Waals surface area contributed by atoms with Crippen molar-refractivity contribution in [1.29, 1.82) is 0 Å². The molecule has 10 heteroatoms. The van der Waals surface area contributed by atoms with E-state index in [0.717, 1.165) is 13.0 Å². The predicted octanol–water partition coefficient (Wildman–Crippen LogP) is -2.05. The molecule has 0 spiro atoms. The van der Waals surface area contributed by atoms with Crippen LogP contribution in [0, 0.1) is 5.92 Å². The lowest BCUT2D eigenvalue weighted by molar-refractivity contribution is -0.142. The summed E-state index contributed by atoms with van der Waals surface area (Å²) in [7, 11) is 0. The highest BCUT2D eigenvalue weighted by Gasteiger charge is 2.30. The second-order valence-corrected chi connectivity index (χ2v) is 6.38. The van der Waals surface area contributed by atoms with Crippen molar-refractivity contribution in [3.8, 4) is 0 Å². The zero-order chi connectivity index (χ0) is 19.7. The summed E-state index contributed by atoms with van der Waals surface area (Å²) in [6, 6.07) is -2.55. The van der Waals surface area contributed by atoms with Crippen LogP contribution in [0.4, 0.5) is 0 Å². The number of hydrogen-bond donors (Lipinski definition) is 6. The monoisotopic (exact) mass is 372 g/mol. The molecular weight excluding hydrogens is 344 g/mol. The molecule has 1 aliphatic heterocycles. The van der Waals surface area contributed by atoms with Gasteiger partial charge in [0.25, 0.3) is 0 Å². The predicted molar refractivity (Wildman–Crippen MR) is 92.1 cm³/mol. The van der Waals surface area contributed by atoms with Crippen molar-refractivity contribution in [1.82, 2.24) is 21.3 Å². The van der Waals surface area contributed by atoms with E-state index >= 15 is 0 Å². The summed E-state index contributed by atoms with van der Waals surface area (Å²) < 4.78 is 0. The van der Waals surface area contributed by atoms with Gasteiger partial charge in [-0.25, -0.2) is 4.79 Å². The SMILES string of the molecule is CC[C@H](C)[C@H](NC(=O)[C@@H]1CCCN1)C(=O)NCC(=O)N[C@@H](CO)C(=O)O. The number of nitrogens with one attached hydrogen (secondary N) is 4. The van der Waals surface area contributed by atoms with Crippen LogP contribution in [0.5, 0.6) is 0 Å². The molecule has 0 aromatic rings. The number of rotatable bonds is 10. The Morgan fingerprint density at radius 2 is 1.92 bits per heavy atom. The van der Waals surface area contributed by atoms with Crippen molar-refractivity contribution >= 4 is 23.7 Å². The number of aliphatic hydroxyl groups is 1.